The molecule has 0 radical (unpaired) electrons. The molecule has 2 aromatic rings. The smallest absolute Gasteiger partial charge is 0.260 e. The first-order valence-corrected chi connectivity index (χ1v) is 10.0. The molecule has 6 nitrogen and oxygen atoms in total. The van der Waals surface area contributed by atoms with Crippen molar-refractivity contribution in [2.24, 2.45) is 0 Å². The van der Waals surface area contributed by atoms with Crippen LogP contribution in [0.5, 0.6) is 0 Å². The molecule has 1 amide bonds. The zero-order valence-electron chi connectivity index (χ0n) is 15.9. The highest BCUT2D eigenvalue weighted by Gasteiger charge is 2.44. The van der Waals surface area contributed by atoms with Crippen LogP contribution in [0, 0.1) is 13.8 Å². The predicted octanol–water partition coefficient (Wildman–Crippen LogP) is 3.31. The number of rotatable bonds is 6. The molecule has 1 saturated heterocycles. The summed E-state index contributed by atoms with van der Waals surface area (Å²) in [6.07, 6.45) is 2.66. The molecule has 1 aliphatic rings. The summed E-state index contributed by atoms with van der Waals surface area (Å²) in [5, 5.41) is 14.8. The SMILES string of the molecule is Cc1cc(CCCC(=O)N2CCC(O)(c3nc(C(C)C)no3)C2)c(C)s1. The summed E-state index contributed by atoms with van der Waals surface area (Å²) in [5.74, 6) is 1.02. The second-order valence-corrected chi connectivity index (χ2v) is 8.96. The number of aromatic nitrogens is 2. The van der Waals surface area contributed by atoms with Crippen LogP contribution >= 0.6 is 11.3 Å². The molecule has 1 aliphatic heterocycles. The maximum Gasteiger partial charge on any atom is 0.260 e. The van der Waals surface area contributed by atoms with E-state index in [0.29, 0.717) is 25.2 Å². The Morgan fingerprint density at radius 2 is 2.23 bits per heavy atom. The minimum atomic E-state index is -1.23. The zero-order valence-corrected chi connectivity index (χ0v) is 16.7. The Kier molecular flexibility index (Phi) is 5.48. The van der Waals surface area contributed by atoms with E-state index < -0.39 is 5.60 Å². The van der Waals surface area contributed by atoms with E-state index in [-0.39, 0.29) is 24.3 Å². The Bertz CT molecular complexity index is 783. The van der Waals surface area contributed by atoms with Crippen LogP contribution in [0.25, 0.3) is 0 Å². The number of amides is 1. The lowest BCUT2D eigenvalue weighted by Gasteiger charge is -2.19. The van der Waals surface area contributed by atoms with E-state index in [9.17, 15) is 9.90 Å². The van der Waals surface area contributed by atoms with E-state index in [1.807, 2.05) is 13.8 Å². The zero-order chi connectivity index (χ0) is 18.9. The highest BCUT2D eigenvalue weighted by Crippen LogP contribution is 2.32. The molecule has 142 valence electrons. The fourth-order valence-electron chi connectivity index (χ4n) is 3.36. The summed E-state index contributed by atoms with van der Waals surface area (Å²) in [6, 6.07) is 2.21. The molecular formula is C19H27N3O3S. The van der Waals surface area contributed by atoms with Gasteiger partial charge in [0, 0.05) is 35.1 Å². The van der Waals surface area contributed by atoms with Gasteiger partial charge < -0.3 is 14.5 Å². The van der Waals surface area contributed by atoms with Gasteiger partial charge in [-0.25, -0.2) is 0 Å². The van der Waals surface area contributed by atoms with Gasteiger partial charge in [-0.05, 0) is 38.3 Å². The van der Waals surface area contributed by atoms with Gasteiger partial charge in [-0.3, -0.25) is 4.79 Å². The molecular weight excluding hydrogens is 350 g/mol. The van der Waals surface area contributed by atoms with Crippen molar-refractivity contribution in [1.29, 1.82) is 0 Å². The van der Waals surface area contributed by atoms with Crippen LogP contribution in [0.4, 0.5) is 0 Å². The number of carbonyl (C=O) groups excluding carboxylic acids is 1. The molecule has 1 atom stereocenters. The van der Waals surface area contributed by atoms with Crippen molar-refractivity contribution in [3.63, 3.8) is 0 Å². The van der Waals surface area contributed by atoms with E-state index in [0.717, 1.165) is 12.8 Å². The van der Waals surface area contributed by atoms with Gasteiger partial charge in [0.1, 0.15) is 0 Å². The summed E-state index contributed by atoms with van der Waals surface area (Å²) in [5.41, 5.74) is 0.113. The predicted molar refractivity (Wildman–Crippen MR) is 100 cm³/mol. The van der Waals surface area contributed by atoms with Crippen molar-refractivity contribution in [1.82, 2.24) is 15.0 Å². The fraction of sp³-hybridized carbons (Fsp3) is 0.632. The molecule has 7 heteroatoms. The third kappa shape index (κ3) is 3.99. The van der Waals surface area contributed by atoms with Crippen molar-refractivity contribution in [3.8, 4) is 0 Å². The summed E-state index contributed by atoms with van der Waals surface area (Å²) in [7, 11) is 0. The summed E-state index contributed by atoms with van der Waals surface area (Å²) in [4.78, 5) is 21.2. The number of likely N-dealkylation sites (tertiary alicyclic amines) is 1. The standard InChI is InChI=1S/C19H27N3O3S/c1-12(2)17-20-18(25-21-17)19(24)8-9-22(11-19)16(23)7-5-6-15-10-13(3)26-14(15)4/h10,12,24H,5-9,11H2,1-4H3. The van der Waals surface area contributed by atoms with E-state index in [4.69, 9.17) is 4.52 Å². The molecule has 0 saturated carbocycles. The lowest BCUT2D eigenvalue weighted by Crippen LogP contribution is -2.34. The van der Waals surface area contributed by atoms with Crippen LogP contribution in [-0.2, 0) is 16.8 Å². The van der Waals surface area contributed by atoms with Crippen LogP contribution < -0.4 is 0 Å². The van der Waals surface area contributed by atoms with E-state index in [2.05, 4.69) is 30.1 Å². The number of β-amino-alcohol motifs (C(OH)–C–C–N with tert-alkyl or cyclic N) is 1. The first-order chi connectivity index (χ1) is 12.3. The van der Waals surface area contributed by atoms with Crippen LogP contribution in [0.15, 0.2) is 10.6 Å². The minimum Gasteiger partial charge on any atom is -0.378 e. The maximum absolute atomic E-state index is 12.5. The number of nitrogens with zero attached hydrogens (tertiary/aromatic N) is 3. The van der Waals surface area contributed by atoms with Gasteiger partial charge in [0.15, 0.2) is 11.4 Å². The average Bonchev–Trinajstić information content (AvgIpc) is 3.27. The number of aryl methyl sites for hydroxylation is 3. The average molecular weight is 378 g/mol. The van der Waals surface area contributed by atoms with Crippen molar-refractivity contribution < 1.29 is 14.4 Å². The van der Waals surface area contributed by atoms with Crippen LogP contribution in [-0.4, -0.2) is 39.1 Å². The molecule has 0 aliphatic carbocycles. The Hall–Kier alpha value is -1.73. The normalized spacial score (nSPS) is 20.3. The molecule has 26 heavy (non-hydrogen) atoms. The molecule has 1 N–H and O–H groups in total. The third-order valence-corrected chi connectivity index (χ3v) is 5.95. The molecule has 1 fully saturated rings. The van der Waals surface area contributed by atoms with Crippen LogP contribution in [0.1, 0.15) is 66.1 Å². The first-order valence-electron chi connectivity index (χ1n) is 9.18. The van der Waals surface area contributed by atoms with E-state index in [1.54, 1.807) is 16.2 Å². The molecule has 1 unspecified atom stereocenters. The summed E-state index contributed by atoms with van der Waals surface area (Å²) >= 11 is 1.80. The summed E-state index contributed by atoms with van der Waals surface area (Å²) in [6.45, 7) is 8.93. The fourth-order valence-corrected chi connectivity index (χ4v) is 4.34. The number of aliphatic hydroxyl groups is 1. The van der Waals surface area contributed by atoms with Crippen molar-refractivity contribution in [3.05, 3.63) is 33.1 Å². The van der Waals surface area contributed by atoms with E-state index >= 15 is 0 Å². The quantitative estimate of drug-likeness (QED) is 0.835. The second-order valence-electron chi connectivity index (χ2n) is 7.50. The van der Waals surface area contributed by atoms with Crippen molar-refractivity contribution in [2.75, 3.05) is 13.1 Å². The molecule has 3 rings (SSSR count). The van der Waals surface area contributed by atoms with Gasteiger partial charge in [0.05, 0.1) is 6.54 Å². The van der Waals surface area contributed by atoms with Crippen molar-refractivity contribution >= 4 is 17.2 Å². The molecule has 0 spiro atoms. The maximum atomic E-state index is 12.5. The molecule has 0 bridgehead atoms. The Morgan fingerprint density at radius 1 is 1.46 bits per heavy atom. The van der Waals surface area contributed by atoms with Crippen LogP contribution in [0.3, 0.4) is 0 Å². The second kappa shape index (κ2) is 7.48. The van der Waals surface area contributed by atoms with Gasteiger partial charge >= 0.3 is 0 Å². The monoisotopic (exact) mass is 377 g/mol. The Labute approximate surface area is 158 Å². The number of carbonyl (C=O) groups is 1. The Morgan fingerprint density at radius 3 is 2.85 bits per heavy atom. The highest BCUT2D eigenvalue weighted by molar-refractivity contribution is 7.12. The largest absolute Gasteiger partial charge is 0.378 e. The van der Waals surface area contributed by atoms with Gasteiger partial charge in [-0.15, -0.1) is 11.3 Å². The first kappa shape index (κ1) is 19.0. The van der Waals surface area contributed by atoms with Gasteiger partial charge in [0.2, 0.25) is 5.91 Å². The van der Waals surface area contributed by atoms with Crippen molar-refractivity contribution in [2.45, 2.75) is 64.9 Å². The van der Waals surface area contributed by atoms with Gasteiger partial charge in [-0.1, -0.05) is 19.0 Å². The minimum absolute atomic E-state index is 0.0779. The molecule has 3 heterocycles. The third-order valence-electron chi connectivity index (χ3n) is 4.94. The highest BCUT2D eigenvalue weighted by atomic mass is 32.1. The topological polar surface area (TPSA) is 79.5 Å². The van der Waals surface area contributed by atoms with E-state index in [1.165, 1.54) is 15.3 Å². The number of thiophene rings is 1. The molecule has 2 aromatic heterocycles. The van der Waals surface area contributed by atoms with Gasteiger partial charge in [0.25, 0.3) is 5.89 Å². The number of hydrogen-bond donors (Lipinski definition) is 1. The lowest BCUT2D eigenvalue weighted by atomic mass is 10.0. The Balaban J connectivity index is 1.54. The number of hydrogen-bond acceptors (Lipinski definition) is 6. The molecule has 0 aromatic carbocycles. The van der Waals surface area contributed by atoms with Gasteiger partial charge in [-0.2, -0.15) is 4.98 Å². The summed E-state index contributed by atoms with van der Waals surface area (Å²) < 4.78 is 5.25. The lowest BCUT2D eigenvalue weighted by molar-refractivity contribution is -0.131. The van der Waals surface area contributed by atoms with Crippen LogP contribution in [0.2, 0.25) is 0 Å².